The first kappa shape index (κ1) is 16.1. The van der Waals surface area contributed by atoms with Gasteiger partial charge in [-0.05, 0) is 38.3 Å². The van der Waals surface area contributed by atoms with E-state index in [0.717, 1.165) is 11.3 Å². The second-order valence-corrected chi connectivity index (χ2v) is 5.44. The Morgan fingerprint density at radius 3 is 2.64 bits per heavy atom. The molecule has 0 aliphatic carbocycles. The Kier molecular flexibility index (Phi) is 5.25. The second kappa shape index (κ2) is 7.15. The van der Waals surface area contributed by atoms with Gasteiger partial charge in [0.1, 0.15) is 5.75 Å². The highest BCUT2D eigenvalue weighted by Crippen LogP contribution is 2.24. The highest BCUT2D eigenvalue weighted by molar-refractivity contribution is 5.89. The van der Waals surface area contributed by atoms with Gasteiger partial charge in [-0.2, -0.15) is 0 Å². The lowest BCUT2D eigenvalue weighted by molar-refractivity contribution is -0.143. The van der Waals surface area contributed by atoms with E-state index in [2.05, 4.69) is 5.32 Å². The first-order chi connectivity index (χ1) is 10.5. The zero-order valence-corrected chi connectivity index (χ0v) is 13.0. The van der Waals surface area contributed by atoms with Crippen LogP contribution >= 0.6 is 0 Å². The zero-order valence-electron chi connectivity index (χ0n) is 13.0. The van der Waals surface area contributed by atoms with E-state index in [1.807, 2.05) is 26.0 Å². The number of benzene rings is 1. The number of nitrogens with zero attached hydrogens (tertiary/aromatic N) is 1. The van der Waals surface area contributed by atoms with Crippen molar-refractivity contribution in [1.29, 1.82) is 0 Å². The normalized spacial score (nSPS) is 15.5. The minimum absolute atomic E-state index is 0.199. The summed E-state index contributed by atoms with van der Waals surface area (Å²) in [5.74, 6) is -0.363. The molecular formula is C16H22N2O4. The molecule has 0 spiro atoms. The molecule has 120 valence electrons. The molecule has 0 saturated carbocycles. The number of rotatable bonds is 4. The molecule has 2 amide bonds. The molecule has 1 aromatic rings. The summed E-state index contributed by atoms with van der Waals surface area (Å²) in [6.45, 7) is 5.37. The molecule has 1 fully saturated rings. The molecule has 2 rings (SSSR count). The van der Waals surface area contributed by atoms with Gasteiger partial charge in [0, 0.05) is 24.8 Å². The summed E-state index contributed by atoms with van der Waals surface area (Å²) < 4.78 is 5.51. The number of carboxylic acid groups (broad SMARTS) is 1. The lowest BCUT2D eigenvalue weighted by Gasteiger charge is -2.30. The number of nitrogens with one attached hydrogen (secondary N) is 1. The van der Waals surface area contributed by atoms with Crippen LogP contribution in [0.15, 0.2) is 18.2 Å². The summed E-state index contributed by atoms with van der Waals surface area (Å²) >= 11 is 0. The standard InChI is InChI=1S/C16H22N2O4/c1-3-22-14-10-13(5-4-11(14)2)17-16(21)18-8-6-12(7-9-18)15(19)20/h4-5,10,12H,3,6-9H2,1-2H3,(H,17,21)(H,19,20). The van der Waals surface area contributed by atoms with Gasteiger partial charge in [0.25, 0.3) is 0 Å². The van der Waals surface area contributed by atoms with Gasteiger partial charge in [0.05, 0.1) is 12.5 Å². The van der Waals surface area contributed by atoms with E-state index < -0.39 is 5.97 Å². The van der Waals surface area contributed by atoms with Crippen molar-refractivity contribution >= 4 is 17.7 Å². The van der Waals surface area contributed by atoms with Gasteiger partial charge < -0.3 is 20.1 Å². The summed E-state index contributed by atoms with van der Waals surface area (Å²) in [5, 5.41) is 11.8. The van der Waals surface area contributed by atoms with E-state index in [1.54, 1.807) is 11.0 Å². The predicted octanol–water partition coefficient (Wildman–Crippen LogP) is 2.72. The Labute approximate surface area is 130 Å². The topological polar surface area (TPSA) is 78.9 Å². The molecule has 1 aliphatic rings. The second-order valence-electron chi connectivity index (χ2n) is 5.44. The van der Waals surface area contributed by atoms with Gasteiger partial charge in [-0.1, -0.05) is 6.07 Å². The van der Waals surface area contributed by atoms with Crippen molar-refractivity contribution in [3.8, 4) is 5.75 Å². The van der Waals surface area contributed by atoms with E-state index in [-0.39, 0.29) is 11.9 Å². The van der Waals surface area contributed by atoms with Gasteiger partial charge >= 0.3 is 12.0 Å². The van der Waals surface area contributed by atoms with Crippen molar-refractivity contribution in [3.05, 3.63) is 23.8 Å². The first-order valence-corrected chi connectivity index (χ1v) is 7.53. The van der Waals surface area contributed by atoms with Crippen LogP contribution < -0.4 is 10.1 Å². The van der Waals surface area contributed by atoms with Crippen LogP contribution in [0.3, 0.4) is 0 Å². The molecule has 1 aromatic carbocycles. The number of hydrogen-bond acceptors (Lipinski definition) is 3. The van der Waals surface area contributed by atoms with E-state index in [0.29, 0.717) is 38.2 Å². The van der Waals surface area contributed by atoms with Crippen LogP contribution in [0.1, 0.15) is 25.3 Å². The molecule has 6 heteroatoms. The maximum absolute atomic E-state index is 12.2. The van der Waals surface area contributed by atoms with Crippen molar-refractivity contribution in [2.75, 3.05) is 25.0 Å². The zero-order chi connectivity index (χ0) is 16.1. The number of carbonyl (C=O) groups is 2. The van der Waals surface area contributed by atoms with Crippen LogP contribution in [0.2, 0.25) is 0 Å². The molecule has 22 heavy (non-hydrogen) atoms. The highest BCUT2D eigenvalue weighted by atomic mass is 16.5. The van der Waals surface area contributed by atoms with Crippen molar-refractivity contribution in [2.45, 2.75) is 26.7 Å². The predicted molar refractivity (Wildman–Crippen MR) is 83.3 cm³/mol. The van der Waals surface area contributed by atoms with Gasteiger partial charge in [-0.25, -0.2) is 4.79 Å². The maximum Gasteiger partial charge on any atom is 0.321 e. The number of aryl methyl sites for hydroxylation is 1. The van der Waals surface area contributed by atoms with E-state index >= 15 is 0 Å². The molecule has 0 atom stereocenters. The van der Waals surface area contributed by atoms with E-state index in [9.17, 15) is 9.59 Å². The molecule has 0 radical (unpaired) electrons. The summed E-state index contributed by atoms with van der Waals surface area (Å²) in [6, 6.07) is 5.34. The number of aliphatic carboxylic acids is 1. The van der Waals surface area contributed by atoms with E-state index in [1.165, 1.54) is 0 Å². The van der Waals surface area contributed by atoms with Gasteiger partial charge in [-0.15, -0.1) is 0 Å². The number of anilines is 1. The van der Waals surface area contributed by atoms with Crippen LogP contribution in [0.5, 0.6) is 5.75 Å². The van der Waals surface area contributed by atoms with Crippen LogP contribution in [-0.4, -0.2) is 41.7 Å². The molecule has 1 aliphatic heterocycles. The Morgan fingerprint density at radius 1 is 1.36 bits per heavy atom. The summed E-state index contributed by atoms with van der Waals surface area (Å²) in [5.41, 5.74) is 1.70. The molecule has 1 saturated heterocycles. The monoisotopic (exact) mass is 306 g/mol. The smallest absolute Gasteiger partial charge is 0.321 e. The fourth-order valence-electron chi connectivity index (χ4n) is 2.52. The van der Waals surface area contributed by atoms with Gasteiger partial charge in [0.2, 0.25) is 0 Å². The lowest BCUT2D eigenvalue weighted by Crippen LogP contribution is -2.42. The van der Waals surface area contributed by atoms with Crippen molar-refractivity contribution in [3.63, 3.8) is 0 Å². The maximum atomic E-state index is 12.2. The number of carboxylic acids is 1. The Morgan fingerprint density at radius 2 is 2.05 bits per heavy atom. The average Bonchev–Trinajstić information content (AvgIpc) is 2.51. The van der Waals surface area contributed by atoms with Crippen LogP contribution in [0.4, 0.5) is 10.5 Å². The molecular weight excluding hydrogens is 284 g/mol. The fourth-order valence-corrected chi connectivity index (χ4v) is 2.52. The summed E-state index contributed by atoms with van der Waals surface area (Å²) in [4.78, 5) is 24.8. The van der Waals surface area contributed by atoms with Gasteiger partial charge in [-0.3, -0.25) is 4.79 Å². The van der Waals surface area contributed by atoms with E-state index in [4.69, 9.17) is 9.84 Å². The molecule has 1 heterocycles. The number of amides is 2. The average molecular weight is 306 g/mol. The molecule has 0 unspecified atom stereocenters. The molecule has 6 nitrogen and oxygen atoms in total. The quantitative estimate of drug-likeness (QED) is 0.896. The van der Waals surface area contributed by atoms with Gasteiger partial charge in [0.15, 0.2) is 0 Å². The third-order valence-corrected chi connectivity index (χ3v) is 3.87. The SMILES string of the molecule is CCOc1cc(NC(=O)N2CCC(C(=O)O)CC2)ccc1C. The number of likely N-dealkylation sites (tertiary alicyclic amines) is 1. The largest absolute Gasteiger partial charge is 0.494 e. The Hall–Kier alpha value is -2.24. The van der Waals surface area contributed by atoms with Crippen molar-refractivity contribution < 1.29 is 19.4 Å². The first-order valence-electron chi connectivity index (χ1n) is 7.53. The van der Waals surface area contributed by atoms with Crippen LogP contribution in [0, 0.1) is 12.8 Å². The third-order valence-electron chi connectivity index (χ3n) is 3.87. The summed E-state index contributed by atoms with van der Waals surface area (Å²) in [7, 11) is 0. The molecule has 2 N–H and O–H groups in total. The van der Waals surface area contributed by atoms with Crippen molar-refractivity contribution in [2.24, 2.45) is 5.92 Å². The van der Waals surface area contributed by atoms with Crippen molar-refractivity contribution in [1.82, 2.24) is 4.90 Å². The number of piperidine rings is 1. The van der Waals surface area contributed by atoms with Crippen LogP contribution in [-0.2, 0) is 4.79 Å². The van der Waals surface area contributed by atoms with Crippen LogP contribution in [0.25, 0.3) is 0 Å². The Balaban J connectivity index is 1.95. The minimum Gasteiger partial charge on any atom is -0.494 e. The fraction of sp³-hybridized carbons (Fsp3) is 0.500. The minimum atomic E-state index is -0.778. The number of ether oxygens (including phenoxy) is 1. The third kappa shape index (κ3) is 3.90. The number of carbonyl (C=O) groups excluding carboxylic acids is 1. The lowest BCUT2D eigenvalue weighted by atomic mass is 9.97. The number of urea groups is 1. The highest BCUT2D eigenvalue weighted by Gasteiger charge is 2.26. The summed E-state index contributed by atoms with van der Waals surface area (Å²) in [6.07, 6.45) is 1.00. The Bertz CT molecular complexity index is 551. The molecule has 0 aromatic heterocycles. The molecule has 0 bridgehead atoms. The number of hydrogen-bond donors (Lipinski definition) is 2.